The molecular formula is C15H23FN2O2. The quantitative estimate of drug-likeness (QED) is 0.822. The number of hydrogen-bond acceptors (Lipinski definition) is 4. The summed E-state index contributed by atoms with van der Waals surface area (Å²) in [6.45, 7) is 6.93. The van der Waals surface area contributed by atoms with Crippen molar-refractivity contribution in [3.05, 3.63) is 35.6 Å². The van der Waals surface area contributed by atoms with Crippen LogP contribution in [-0.2, 0) is 4.74 Å². The van der Waals surface area contributed by atoms with Crippen LogP contribution in [-0.4, -0.2) is 55.4 Å². The summed E-state index contributed by atoms with van der Waals surface area (Å²) in [6, 6.07) is 6.07. The normalized spacial score (nSPS) is 21.9. The first kappa shape index (κ1) is 15.4. The topological polar surface area (TPSA) is 44.7 Å². The standard InChI is InChI=1S/C15H23FN2O2/c1-2-18-6-7-20-14(11-18)9-17-10-15(19)12-4-3-5-13(16)8-12/h3-5,8,14-15,17,19H,2,6-7,9-11H2,1H3. The molecule has 0 saturated carbocycles. The van der Waals surface area contributed by atoms with Gasteiger partial charge in [-0.15, -0.1) is 0 Å². The predicted octanol–water partition coefficient (Wildman–Crippen LogP) is 1.17. The number of aliphatic hydroxyl groups is 1. The van der Waals surface area contributed by atoms with E-state index in [0.29, 0.717) is 18.7 Å². The molecule has 0 amide bonds. The largest absolute Gasteiger partial charge is 0.387 e. The summed E-state index contributed by atoms with van der Waals surface area (Å²) in [5.41, 5.74) is 0.595. The van der Waals surface area contributed by atoms with Gasteiger partial charge < -0.3 is 15.2 Å². The van der Waals surface area contributed by atoms with E-state index < -0.39 is 6.10 Å². The Morgan fingerprint density at radius 2 is 2.40 bits per heavy atom. The lowest BCUT2D eigenvalue weighted by Gasteiger charge is -2.32. The van der Waals surface area contributed by atoms with Crippen LogP contribution in [0.3, 0.4) is 0 Å². The van der Waals surface area contributed by atoms with Crippen molar-refractivity contribution in [2.24, 2.45) is 0 Å². The van der Waals surface area contributed by atoms with Gasteiger partial charge in [0.25, 0.3) is 0 Å². The van der Waals surface area contributed by atoms with E-state index in [0.717, 1.165) is 26.2 Å². The second kappa shape index (κ2) is 7.69. The molecule has 0 spiro atoms. The zero-order chi connectivity index (χ0) is 14.4. The second-order valence-corrected chi connectivity index (χ2v) is 5.12. The zero-order valence-corrected chi connectivity index (χ0v) is 11.9. The molecular weight excluding hydrogens is 259 g/mol. The van der Waals surface area contributed by atoms with Crippen LogP contribution in [0.1, 0.15) is 18.6 Å². The van der Waals surface area contributed by atoms with Crippen LogP contribution < -0.4 is 5.32 Å². The number of ether oxygens (including phenoxy) is 1. The van der Waals surface area contributed by atoms with Crippen LogP contribution in [0.2, 0.25) is 0 Å². The van der Waals surface area contributed by atoms with Gasteiger partial charge in [0, 0.05) is 26.2 Å². The summed E-state index contributed by atoms with van der Waals surface area (Å²) in [4.78, 5) is 2.35. The summed E-state index contributed by atoms with van der Waals surface area (Å²) in [5, 5.41) is 13.2. The molecule has 2 N–H and O–H groups in total. The number of rotatable bonds is 6. The predicted molar refractivity (Wildman–Crippen MR) is 76.1 cm³/mol. The van der Waals surface area contributed by atoms with E-state index in [4.69, 9.17) is 4.74 Å². The van der Waals surface area contributed by atoms with E-state index in [2.05, 4.69) is 17.1 Å². The minimum atomic E-state index is -0.698. The Bertz CT molecular complexity index is 417. The Kier molecular flexibility index (Phi) is 5.91. The highest BCUT2D eigenvalue weighted by atomic mass is 19.1. The molecule has 1 fully saturated rings. The number of halogens is 1. The monoisotopic (exact) mass is 282 g/mol. The molecule has 0 aliphatic carbocycles. The SMILES string of the molecule is CCN1CCOC(CNCC(O)c2cccc(F)c2)C1. The second-order valence-electron chi connectivity index (χ2n) is 5.12. The molecule has 0 bridgehead atoms. The van der Waals surface area contributed by atoms with Crippen molar-refractivity contribution < 1.29 is 14.2 Å². The Labute approximate surface area is 119 Å². The molecule has 20 heavy (non-hydrogen) atoms. The molecule has 1 saturated heterocycles. The van der Waals surface area contributed by atoms with Gasteiger partial charge in [-0.25, -0.2) is 4.39 Å². The highest BCUT2D eigenvalue weighted by Crippen LogP contribution is 2.13. The summed E-state index contributed by atoms with van der Waals surface area (Å²) in [7, 11) is 0. The van der Waals surface area contributed by atoms with Crippen molar-refractivity contribution >= 4 is 0 Å². The average molecular weight is 282 g/mol. The average Bonchev–Trinajstić information content (AvgIpc) is 2.47. The van der Waals surface area contributed by atoms with E-state index in [1.54, 1.807) is 12.1 Å². The molecule has 1 aromatic carbocycles. The van der Waals surface area contributed by atoms with Gasteiger partial charge in [-0.05, 0) is 24.2 Å². The van der Waals surface area contributed by atoms with Crippen molar-refractivity contribution in [1.82, 2.24) is 10.2 Å². The first-order chi connectivity index (χ1) is 9.69. The third kappa shape index (κ3) is 4.52. The van der Waals surface area contributed by atoms with Gasteiger partial charge in [0.2, 0.25) is 0 Å². The van der Waals surface area contributed by atoms with Gasteiger partial charge in [-0.2, -0.15) is 0 Å². The molecule has 0 aromatic heterocycles. The maximum absolute atomic E-state index is 13.1. The number of hydrogen-bond donors (Lipinski definition) is 2. The minimum Gasteiger partial charge on any atom is -0.387 e. The Balaban J connectivity index is 1.72. The highest BCUT2D eigenvalue weighted by Gasteiger charge is 2.19. The molecule has 112 valence electrons. The number of benzene rings is 1. The Morgan fingerprint density at radius 1 is 1.55 bits per heavy atom. The van der Waals surface area contributed by atoms with Crippen molar-refractivity contribution in [2.45, 2.75) is 19.1 Å². The van der Waals surface area contributed by atoms with Crippen LogP contribution in [0.5, 0.6) is 0 Å². The lowest BCUT2D eigenvalue weighted by Crippen LogP contribution is -2.46. The molecule has 5 heteroatoms. The molecule has 0 radical (unpaired) electrons. The summed E-state index contributed by atoms with van der Waals surface area (Å²) in [6.07, 6.45) is -0.542. The summed E-state index contributed by atoms with van der Waals surface area (Å²) >= 11 is 0. The first-order valence-electron chi connectivity index (χ1n) is 7.17. The van der Waals surface area contributed by atoms with Crippen LogP contribution in [0.25, 0.3) is 0 Å². The van der Waals surface area contributed by atoms with E-state index in [9.17, 15) is 9.50 Å². The summed E-state index contributed by atoms with van der Waals surface area (Å²) < 4.78 is 18.7. The van der Waals surface area contributed by atoms with Crippen molar-refractivity contribution in [3.8, 4) is 0 Å². The molecule has 2 unspecified atom stereocenters. The fraction of sp³-hybridized carbons (Fsp3) is 0.600. The third-order valence-corrected chi connectivity index (χ3v) is 3.61. The van der Waals surface area contributed by atoms with Crippen molar-refractivity contribution in [3.63, 3.8) is 0 Å². The molecule has 1 aliphatic heterocycles. The molecule has 1 heterocycles. The van der Waals surface area contributed by atoms with Gasteiger partial charge in [0.05, 0.1) is 18.8 Å². The number of likely N-dealkylation sites (N-methyl/N-ethyl adjacent to an activating group) is 1. The molecule has 2 atom stereocenters. The number of nitrogens with zero attached hydrogens (tertiary/aromatic N) is 1. The fourth-order valence-electron chi connectivity index (χ4n) is 2.40. The van der Waals surface area contributed by atoms with Gasteiger partial charge in [-0.1, -0.05) is 19.1 Å². The van der Waals surface area contributed by atoms with Crippen molar-refractivity contribution in [2.75, 3.05) is 39.3 Å². The third-order valence-electron chi connectivity index (χ3n) is 3.61. The maximum Gasteiger partial charge on any atom is 0.123 e. The van der Waals surface area contributed by atoms with Gasteiger partial charge in [-0.3, -0.25) is 4.90 Å². The molecule has 1 aliphatic rings. The molecule has 4 nitrogen and oxygen atoms in total. The van der Waals surface area contributed by atoms with Crippen LogP contribution in [0.4, 0.5) is 4.39 Å². The van der Waals surface area contributed by atoms with E-state index in [1.807, 2.05) is 0 Å². The van der Waals surface area contributed by atoms with Crippen LogP contribution >= 0.6 is 0 Å². The smallest absolute Gasteiger partial charge is 0.123 e. The fourth-order valence-corrected chi connectivity index (χ4v) is 2.40. The van der Waals surface area contributed by atoms with Crippen LogP contribution in [0, 0.1) is 5.82 Å². The number of aliphatic hydroxyl groups excluding tert-OH is 1. The summed E-state index contributed by atoms with van der Waals surface area (Å²) in [5.74, 6) is -0.323. The Morgan fingerprint density at radius 3 is 3.15 bits per heavy atom. The number of morpholine rings is 1. The van der Waals surface area contributed by atoms with Gasteiger partial charge >= 0.3 is 0 Å². The van der Waals surface area contributed by atoms with E-state index in [1.165, 1.54) is 12.1 Å². The van der Waals surface area contributed by atoms with Crippen molar-refractivity contribution in [1.29, 1.82) is 0 Å². The molecule has 2 rings (SSSR count). The lowest BCUT2D eigenvalue weighted by atomic mass is 10.1. The van der Waals surface area contributed by atoms with Gasteiger partial charge in [0.15, 0.2) is 0 Å². The number of nitrogens with one attached hydrogen (secondary N) is 1. The van der Waals surface area contributed by atoms with Gasteiger partial charge in [0.1, 0.15) is 5.82 Å². The van der Waals surface area contributed by atoms with Crippen LogP contribution in [0.15, 0.2) is 24.3 Å². The zero-order valence-electron chi connectivity index (χ0n) is 11.9. The first-order valence-corrected chi connectivity index (χ1v) is 7.17. The van der Waals surface area contributed by atoms with E-state index in [-0.39, 0.29) is 11.9 Å². The van der Waals surface area contributed by atoms with E-state index >= 15 is 0 Å². The highest BCUT2D eigenvalue weighted by molar-refractivity contribution is 5.18. The minimum absolute atomic E-state index is 0.156. The maximum atomic E-state index is 13.1. The molecule has 1 aromatic rings. The Hall–Kier alpha value is -1.01. The lowest BCUT2D eigenvalue weighted by molar-refractivity contribution is -0.0262.